The predicted octanol–water partition coefficient (Wildman–Crippen LogP) is 5.23. The van der Waals surface area contributed by atoms with E-state index in [1.807, 2.05) is 25.1 Å². The lowest BCUT2D eigenvalue weighted by atomic mass is 10.0. The molecule has 0 aliphatic rings. The zero-order chi connectivity index (χ0) is 18.5. The normalized spacial score (nSPS) is 10.7. The van der Waals surface area contributed by atoms with E-state index in [1.165, 1.54) is 6.20 Å². The lowest BCUT2D eigenvalue weighted by molar-refractivity contribution is 0.0472. The van der Waals surface area contributed by atoms with E-state index in [4.69, 9.17) is 16.3 Å². The van der Waals surface area contributed by atoms with Crippen LogP contribution in [0.4, 0.5) is 0 Å². The number of Topliss-reactive ketones (excluding diaryl/α,β-unsaturated/α-hetero) is 1. The first-order valence-corrected chi connectivity index (χ1v) is 8.80. The zero-order valence-corrected chi connectivity index (χ0v) is 15.1. The second-order valence-electron chi connectivity index (χ2n) is 5.95. The molecule has 4 nitrogen and oxygen atoms in total. The van der Waals surface area contributed by atoms with E-state index in [0.29, 0.717) is 33.5 Å². The van der Waals surface area contributed by atoms with Crippen LogP contribution in [0.15, 0.2) is 54.7 Å². The van der Waals surface area contributed by atoms with E-state index in [1.54, 1.807) is 30.3 Å². The van der Waals surface area contributed by atoms with Crippen LogP contribution in [-0.2, 0) is 11.3 Å². The largest absolute Gasteiger partial charge is 0.457 e. The Morgan fingerprint density at radius 1 is 1.12 bits per heavy atom. The van der Waals surface area contributed by atoms with Crippen LogP contribution >= 0.6 is 11.6 Å². The number of nitrogens with zero attached hydrogens (tertiary/aromatic N) is 1. The van der Waals surface area contributed by atoms with Crippen molar-refractivity contribution in [1.82, 2.24) is 4.98 Å². The molecule has 5 heteroatoms. The number of halogens is 1. The Morgan fingerprint density at radius 3 is 2.62 bits per heavy atom. The van der Waals surface area contributed by atoms with Crippen LogP contribution in [-0.4, -0.2) is 16.7 Å². The van der Waals surface area contributed by atoms with Gasteiger partial charge in [-0.25, -0.2) is 4.79 Å². The van der Waals surface area contributed by atoms with Crippen molar-refractivity contribution in [3.8, 4) is 0 Å². The molecule has 0 fully saturated rings. The van der Waals surface area contributed by atoms with E-state index < -0.39 is 0 Å². The Balaban J connectivity index is 1.82. The molecule has 0 atom stereocenters. The molecule has 0 unspecified atom stereocenters. The molecule has 1 heterocycles. The van der Waals surface area contributed by atoms with Gasteiger partial charge < -0.3 is 4.74 Å². The van der Waals surface area contributed by atoms with Crippen LogP contribution < -0.4 is 0 Å². The third-order valence-electron chi connectivity index (χ3n) is 4.02. The minimum absolute atomic E-state index is 0.0205. The van der Waals surface area contributed by atoms with E-state index in [9.17, 15) is 9.59 Å². The fourth-order valence-corrected chi connectivity index (χ4v) is 2.97. The van der Waals surface area contributed by atoms with Gasteiger partial charge in [0.25, 0.3) is 0 Å². The molecule has 0 amide bonds. The number of rotatable bonds is 6. The highest BCUT2D eigenvalue weighted by Crippen LogP contribution is 2.28. The van der Waals surface area contributed by atoms with Crippen LogP contribution in [0.25, 0.3) is 10.9 Å². The minimum Gasteiger partial charge on any atom is -0.457 e. The van der Waals surface area contributed by atoms with Crippen molar-refractivity contribution in [3.63, 3.8) is 0 Å². The molecule has 132 valence electrons. The SMILES string of the molecule is CCCC(=O)c1cnc2ccc(COC(=O)c3ccccc3)cc2c1Cl. The third kappa shape index (κ3) is 3.92. The number of carbonyl (C=O) groups is 2. The number of ether oxygens (including phenoxy) is 1. The third-order valence-corrected chi connectivity index (χ3v) is 4.43. The maximum absolute atomic E-state index is 12.2. The molecule has 0 aliphatic carbocycles. The molecule has 0 bridgehead atoms. The molecule has 0 saturated heterocycles. The highest BCUT2D eigenvalue weighted by Gasteiger charge is 2.14. The zero-order valence-electron chi connectivity index (χ0n) is 14.4. The summed E-state index contributed by atoms with van der Waals surface area (Å²) < 4.78 is 5.35. The molecule has 0 saturated carbocycles. The second kappa shape index (κ2) is 8.11. The van der Waals surface area contributed by atoms with Gasteiger partial charge in [0.05, 0.1) is 21.7 Å². The van der Waals surface area contributed by atoms with E-state index in [2.05, 4.69) is 4.98 Å². The van der Waals surface area contributed by atoms with Crippen molar-refractivity contribution in [3.05, 3.63) is 76.4 Å². The Bertz CT molecular complexity index is 954. The van der Waals surface area contributed by atoms with E-state index in [0.717, 1.165) is 12.0 Å². The molecular formula is C21H18ClNO3. The fraction of sp³-hybridized carbons (Fsp3) is 0.190. The topological polar surface area (TPSA) is 56.3 Å². The first-order valence-electron chi connectivity index (χ1n) is 8.42. The number of fused-ring (bicyclic) bond motifs is 1. The Morgan fingerprint density at radius 2 is 1.88 bits per heavy atom. The lowest BCUT2D eigenvalue weighted by Gasteiger charge is -2.09. The highest BCUT2D eigenvalue weighted by molar-refractivity contribution is 6.38. The maximum atomic E-state index is 12.2. The van der Waals surface area contributed by atoms with Gasteiger partial charge >= 0.3 is 5.97 Å². The molecule has 0 spiro atoms. The highest BCUT2D eigenvalue weighted by atomic mass is 35.5. The molecule has 0 N–H and O–H groups in total. The number of hydrogen-bond donors (Lipinski definition) is 0. The summed E-state index contributed by atoms with van der Waals surface area (Å²) in [7, 11) is 0. The van der Waals surface area contributed by atoms with Gasteiger partial charge in [-0.1, -0.05) is 42.8 Å². The number of aromatic nitrogens is 1. The number of pyridine rings is 1. The van der Waals surface area contributed by atoms with Gasteiger partial charge in [0.15, 0.2) is 5.78 Å². The first kappa shape index (κ1) is 18.1. The molecule has 26 heavy (non-hydrogen) atoms. The Hall–Kier alpha value is -2.72. The molecule has 0 aliphatic heterocycles. The fourth-order valence-electron chi connectivity index (χ4n) is 2.66. The number of esters is 1. The summed E-state index contributed by atoms with van der Waals surface area (Å²) in [6.07, 6.45) is 2.71. The van der Waals surface area contributed by atoms with Crippen molar-refractivity contribution in [2.24, 2.45) is 0 Å². The van der Waals surface area contributed by atoms with Crippen LogP contribution in [0.3, 0.4) is 0 Å². The summed E-state index contributed by atoms with van der Waals surface area (Å²) in [6.45, 7) is 2.06. The summed E-state index contributed by atoms with van der Waals surface area (Å²) in [4.78, 5) is 28.5. The molecule has 3 rings (SSSR count). The summed E-state index contributed by atoms with van der Waals surface area (Å²) >= 11 is 6.43. The minimum atomic E-state index is -0.387. The summed E-state index contributed by atoms with van der Waals surface area (Å²) in [5.74, 6) is -0.408. The maximum Gasteiger partial charge on any atom is 0.338 e. The number of benzene rings is 2. The van der Waals surface area contributed by atoms with Gasteiger partial charge in [-0.15, -0.1) is 0 Å². The van der Waals surface area contributed by atoms with E-state index >= 15 is 0 Å². The summed E-state index contributed by atoms with van der Waals surface area (Å²) in [5.41, 5.74) is 2.41. The quantitative estimate of drug-likeness (QED) is 0.442. The van der Waals surface area contributed by atoms with Gasteiger partial charge in [-0.3, -0.25) is 9.78 Å². The van der Waals surface area contributed by atoms with Gasteiger partial charge in [0.1, 0.15) is 6.61 Å². The van der Waals surface area contributed by atoms with Crippen molar-refractivity contribution < 1.29 is 14.3 Å². The standard InChI is InChI=1S/C21H18ClNO3/c1-2-6-19(24)17-12-23-18-10-9-14(11-16(18)20(17)22)13-26-21(25)15-7-4-3-5-8-15/h3-5,7-12H,2,6,13H2,1H3. The predicted molar refractivity (Wildman–Crippen MR) is 102 cm³/mol. The lowest BCUT2D eigenvalue weighted by Crippen LogP contribution is -2.05. The number of carbonyl (C=O) groups excluding carboxylic acids is 2. The van der Waals surface area contributed by atoms with Crippen LogP contribution in [0.1, 0.15) is 46.0 Å². The smallest absolute Gasteiger partial charge is 0.338 e. The molecule has 2 aromatic carbocycles. The van der Waals surface area contributed by atoms with Crippen molar-refractivity contribution in [2.45, 2.75) is 26.4 Å². The summed E-state index contributed by atoms with van der Waals surface area (Å²) in [5, 5.41) is 1.08. The van der Waals surface area contributed by atoms with Crippen LogP contribution in [0, 0.1) is 0 Å². The molecular weight excluding hydrogens is 350 g/mol. The van der Waals surface area contributed by atoms with Crippen molar-refractivity contribution in [2.75, 3.05) is 0 Å². The molecule has 1 aromatic heterocycles. The van der Waals surface area contributed by atoms with Gasteiger partial charge in [-0.2, -0.15) is 0 Å². The van der Waals surface area contributed by atoms with Gasteiger partial charge in [0.2, 0.25) is 0 Å². The summed E-state index contributed by atoms with van der Waals surface area (Å²) in [6, 6.07) is 14.3. The first-order chi connectivity index (χ1) is 12.6. The average Bonchev–Trinajstić information content (AvgIpc) is 2.67. The molecule has 3 aromatic rings. The van der Waals surface area contributed by atoms with Gasteiger partial charge in [-0.05, 0) is 36.2 Å². The van der Waals surface area contributed by atoms with Crippen molar-refractivity contribution in [1.29, 1.82) is 0 Å². The molecule has 0 radical (unpaired) electrons. The van der Waals surface area contributed by atoms with E-state index in [-0.39, 0.29) is 18.4 Å². The Kier molecular flexibility index (Phi) is 5.64. The monoisotopic (exact) mass is 367 g/mol. The van der Waals surface area contributed by atoms with Gasteiger partial charge in [0, 0.05) is 18.0 Å². The number of hydrogen-bond acceptors (Lipinski definition) is 4. The van der Waals surface area contributed by atoms with Crippen LogP contribution in [0.5, 0.6) is 0 Å². The average molecular weight is 368 g/mol. The van der Waals surface area contributed by atoms with Crippen molar-refractivity contribution >= 4 is 34.3 Å². The number of ketones is 1. The Labute approximate surface area is 156 Å². The van der Waals surface area contributed by atoms with Crippen LogP contribution in [0.2, 0.25) is 5.02 Å². The second-order valence-corrected chi connectivity index (χ2v) is 6.33.